The summed E-state index contributed by atoms with van der Waals surface area (Å²) < 4.78 is 0.866. The van der Waals surface area contributed by atoms with Gasteiger partial charge in [-0.1, -0.05) is 65.1 Å². The van der Waals surface area contributed by atoms with E-state index in [2.05, 4.69) is 35.0 Å². The molecular weight excluding hydrogens is 324 g/mol. The van der Waals surface area contributed by atoms with E-state index in [-0.39, 0.29) is 0 Å². The second-order valence-electron chi connectivity index (χ2n) is 4.56. The molecule has 0 spiro atoms. The number of halogens is 2. The van der Waals surface area contributed by atoms with E-state index in [0.717, 1.165) is 28.4 Å². The van der Waals surface area contributed by atoms with E-state index in [1.165, 1.54) is 5.56 Å². The second-order valence-corrected chi connectivity index (χ2v) is 5.85. The third-order valence-electron chi connectivity index (χ3n) is 3.06. The monoisotopic (exact) mass is 338 g/mol. The van der Waals surface area contributed by atoms with Crippen LogP contribution >= 0.6 is 27.5 Å². The topological polar surface area (TPSA) is 20.2 Å². The zero-order valence-electron chi connectivity index (χ0n) is 10.7. The Kier molecular flexibility index (Phi) is 5.03. The number of aryl methyl sites for hydroxylation is 1. The van der Waals surface area contributed by atoms with Crippen LogP contribution < -0.4 is 0 Å². The molecule has 0 saturated heterocycles. The van der Waals surface area contributed by atoms with Gasteiger partial charge >= 0.3 is 0 Å². The zero-order chi connectivity index (χ0) is 13.8. The summed E-state index contributed by atoms with van der Waals surface area (Å²) in [6, 6.07) is 13.5. The molecule has 0 heterocycles. The average molecular weight is 340 g/mol. The molecule has 0 fully saturated rings. The van der Waals surface area contributed by atoms with Crippen molar-refractivity contribution < 1.29 is 5.11 Å². The molecule has 1 nitrogen and oxygen atoms in total. The normalized spacial score (nSPS) is 12.4. The van der Waals surface area contributed by atoms with Gasteiger partial charge in [-0.3, -0.25) is 0 Å². The summed E-state index contributed by atoms with van der Waals surface area (Å²) >= 11 is 9.46. The fraction of sp³-hybridized carbons (Fsp3) is 0.250. The number of aliphatic hydroxyl groups excluding tert-OH is 1. The highest BCUT2D eigenvalue weighted by Crippen LogP contribution is 2.31. The highest BCUT2D eigenvalue weighted by molar-refractivity contribution is 9.10. The van der Waals surface area contributed by atoms with Crippen molar-refractivity contribution in [3.05, 3.63) is 68.7 Å². The van der Waals surface area contributed by atoms with Crippen molar-refractivity contribution in [1.82, 2.24) is 0 Å². The number of rotatable bonds is 4. The summed E-state index contributed by atoms with van der Waals surface area (Å²) in [6.07, 6.45) is 1.46. The predicted molar refractivity (Wildman–Crippen MR) is 83.7 cm³/mol. The molecule has 2 aromatic rings. The molecule has 0 bridgehead atoms. The molecule has 2 aromatic carbocycles. The van der Waals surface area contributed by atoms with Crippen molar-refractivity contribution in [2.75, 3.05) is 0 Å². The van der Waals surface area contributed by atoms with Gasteiger partial charge in [0.2, 0.25) is 0 Å². The lowest BCUT2D eigenvalue weighted by Gasteiger charge is -2.15. The Hall–Kier alpha value is -0.830. The molecule has 0 saturated carbocycles. The summed E-state index contributed by atoms with van der Waals surface area (Å²) in [6.45, 7) is 2.15. The first-order chi connectivity index (χ1) is 9.11. The van der Waals surface area contributed by atoms with E-state index < -0.39 is 6.10 Å². The van der Waals surface area contributed by atoms with E-state index in [9.17, 15) is 5.11 Å². The molecule has 19 heavy (non-hydrogen) atoms. The molecule has 1 atom stereocenters. The molecule has 0 radical (unpaired) electrons. The maximum absolute atomic E-state index is 10.5. The van der Waals surface area contributed by atoms with Crippen LogP contribution in [0.2, 0.25) is 5.02 Å². The SMILES string of the molecule is CCCc1cccc(C(O)c2cc(Cl)ccc2Br)c1. The van der Waals surface area contributed by atoms with Gasteiger partial charge in [-0.2, -0.15) is 0 Å². The van der Waals surface area contributed by atoms with Crippen molar-refractivity contribution in [2.45, 2.75) is 25.9 Å². The van der Waals surface area contributed by atoms with Crippen molar-refractivity contribution in [1.29, 1.82) is 0 Å². The van der Waals surface area contributed by atoms with Crippen LogP contribution in [0.15, 0.2) is 46.9 Å². The number of hydrogen-bond donors (Lipinski definition) is 1. The molecule has 100 valence electrons. The minimum Gasteiger partial charge on any atom is -0.384 e. The minimum atomic E-state index is -0.662. The summed E-state index contributed by atoms with van der Waals surface area (Å²) in [7, 11) is 0. The largest absolute Gasteiger partial charge is 0.384 e. The number of benzene rings is 2. The van der Waals surface area contributed by atoms with Crippen molar-refractivity contribution in [3.8, 4) is 0 Å². The van der Waals surface area contributed by atoms with Gasteiger partial charge in [-0.15, -0.1) is 0 Å². The first-order valence-corrected chi connectivity index (χ1v) is 7.50. The van der Waals surface area contributed by atoms with Gasteiger partial charge in [0, 0.05) is 15.1 Å². The lowest BCUT2D eigenvalue weighted by atomic mass is 9.98. The van der Waals surface area contributed by atoms with Gasteiger partial charge < -0.3 is 5.11 Å². The highest BCUT2D eigenvalue weighted by atomic mass is 79.9. The first kappa shape index (κ1) is 14.6. The number of hydrogen-bond acceptors (Lipinski definition) is 1. The first-order valence-electron chi connectivity index (χ1n) is 6.33. The maximum atomic E-state index is 10.5. The Morgan fingerprint density at radius 1 is 1.21 bits per heavy atom. The van der Waals surface area contributed by atoms with E-state index >= 15 is 0 Å². The Balaban J connectivity index is 2.35. The average Bonchev–Trinajstić information content (AvgIpc) is 2.41. The molecule has 2 rings (SSSR count). The zero-order valence-corrected chi connectivity index (χ0v) is 13.1. The van der Waals surface area contributed by atoms with Crippen LogP contribution in [0.25, 0.3) is 0 Å². The van der Waals surface area contributed by atoms with Gasteiger partial charge in [0.25, 0.3) is 0 Å². The van der Waals surface area contributed by atoms with Gasteiger partial charge in [0.15, 0.2) is 0 Å². The van der Waals surface area contributed by atoms with Crippen molar-refractivity contribution in [3.63, 3.8) is 0 Å². The Morgan fingerprint density at radius 3 is 2.74 bits per heavy atom. The maximum Gasteiger partial charge on any atom is 0.105 e. The molecule has 0 aliphatic heterocycles. The molecule has 1 unspecified atom stereocenters. The Labute approximate surface area is 127 Å². The molecule has 3 heteroatoms. The smallest absolute Gasteiger partial charge is 0.105 e. The van der Waals surface area contributed by atoms with E-state index in [0.29, 0.717) is 5.02 Å². The summed E-state index contributed by atoms with van der Waals surface area (Å²) in [5.74, 6) is 0. The fourth-order valence-corrected chi connectivity index (χ4v) is 2.76. The van der Waals surface area contributed by atoms with Crippen LogP contribution in [-0.2, 0) is 6.42 Å². The molecule has 0 aromatic heterocycles. The van der Waals surface area contributed by atoms with Gasteiger partial charge in [0.05, 0.1) is 0 Å². The third-order valence-corrected chi connectivity index (χ3v) is 4.02. The molecular formula is C16H16BrClO. The standard InChI is InChI=1S/C16H16BrClO/c1-2-4-11-5-3-6-12(9-11)16(19)14-10-13(18)7-8-15(14)17/h3,5-10,16,19H,2,4H2,1H3. The number of aliphatic hydroxyl groups is 1. The van der Waals surface area contributed by atoms with Crippen molar-refractivity contribution in [2.24, 2.45) is 0 Å². The highest BCUT2D eigenvalue weighted by Gasteiger charge is 2.14. The predicted octanol–water partition coefficient (Wildman–Crippen LogP) is 5.14. The molecule has 0 amide bonds. The van der Waals surface area contributed by atoms with Gasteiger partial charge in [-0.25, -0.2) is 0 Å². The van der Waals surface area contributed by atoms with E-state index in [1.54, 1.807) is 12.1 Å². The second kappa shape index (κ2) is 6.56. The van der Waals surface area contributed by atoms with Gasteiger partial charge in [0.1, 0.15) is 6.10 Å². The van der Waals surface area contributed by atoms with Crippen molar-refractivity contribution >= 4 is 27.5 Å². The fourth-order valence-electron chi connectivity index (χ4n) is 2.11. The lowest BCUT2D eigenvalue weighted by Crippen LogP contribution is -2.01. The van der Waals surface area contributed by atoms with E-state index in [1.807, 2.05) is 18.2 Å². The van der Waals surface area contributed by atoms with Gasteiger partial charge in [-0.05, 0) is 35.7 Å². The van der Waals surface area contributed by atoms with Crippen LogP contribution in [0.4, 0.5) is 0 Å². The third kappa shape index (κ3) is 3.59. The van der Waals surface area contributed by atoms with Crippen LogP contribution in [0.3, 0.4) is 0 Å². The minimum absolute atomic E-state index is 0.627. The molecule has 0 aliphatic carbocycles. The lowest BCUT2D eigenvalue weighted by molar-refractivity contribution is 0.219. The van der Waals surface area contributed by atoms with Crippen LogP contribution in [0, 0.1) is 0 Å². The summed E-state index contributed by atoms with van der Waals surface area (Å²) in [5.41, 5.74) is 2.94. The van der Waals surface area contributed by atoms with Crippen LogP contribution in [-0.4, -0.2) is 5.11 Å². The molecule has 0 aliphatic rings. The molecule has 1 N–H and O–H groups in total. The Morgan fingerprint density at radius 2 is 2.00 bits per heavy atom. The summed E-state index contributed by atoms with van der Waals surface area (Å²) in [4.78, 5) is 0. The van der Waals surface area contributed by atoms with E-state index in [4.69, 9.17) is 11.6 Å². The van der Waals surface area contributed by atoms with Crippen LogP contribution in [0.5, 0.6) is 0 Å². The Bertz CT molecular complexity index is 568. The van der Waals surface area contributed by atoms with Crippen LogP contribution in [0.1, 0.15) is 36.1 Å². The summed E-state index contributed by atoms with van der Waals surface area (Å²) in [5, 5.41) is 11.1. The quantitative estimate of drug-likeness (QED) is 0.818.